The van der Waals surface area contributed by atoms with Crippen LogP contribution in [0.5, 0.6) is 0 Å². The second kappa shape index (κ2) is 15.6. The van der Waals surface area contributed by atoms with Gasteiger partial charge in [0.2, 0.25) is 11.8 Å². The van der Waals surface area contributed by atoms with Crippen molar-refractivity contribution in [1.29, 1.82) is 0 Å². The van der Waals surface area contributed by atoms with E-state index in [9.17, 15) is 9.59 Å². The summed E-state index contributed by atoms with van der Waals surface area (Å²) < 4.78 is 0. The molecule has 0 bridgehead atoms. The van der Waals surface area contributed by atoms with E-state index in [1.165, 1.54) is 11.5 Å². The van der Waals surface area contributed by atoms with Gasteiger partial charge >= 0.3 is 0 Å². The number of nitrogens with one attached hydrogen (secondary N) is 2. The van der Waals surface area contributed by atoms with Gasteiger partial charge in [0.15, 0.2) is 0 Å². The van der Waals surface area contributed by atoms with Gasteiger partial charge in [-0.25, -0.2) is 0 Å². The second-order valence-corrected chi connectivity index (χ2v) is 5.94. The van der Waals surface area contributed by atoms with Gasteiger partial charge < -0.3 is 10.6 Å². The molecule has 17 heavy (non-hydrogen) atoms. The van der Waals surface area contributed by atoms with Gasteiger partial charge in [-0.05, 0) is 0 Å². The van der Waals surface area contributed by atoms with Gasteiger partial charge in [-0.2, -0.15) is 0 Å². The Morgan fingerprint density at radius 2 is 1.18 bits per heavy atom. The molecule has 2 N–H and O–H groups in total. The summed E-state index contributed by atoms with van der Waals surface area (Å²) in [5.74, 6) is 2.36. The Morgan fingerprint density at radius 3 is 1.41 bits per heavy atom. The van der Waals surface area contributed by atoms with Crippen LogP contribution < -0.4 is 10.6 Å². The van der Waals surface area contributed by atoms with E-state index in [2.05, 4.69) is 24.5 Å². The molecule has 0 fully saturated rings. The van der Waals surface area contributed by atoms with Crippen molar-refractivity contribution in [2.24, 2.45) is 0 Å². The van der Waals surface area contributed by atoms with Gasteiger partial charge in [-0.1, -0.05) is 49.3 Å². The largest absolute Gasteiger partial charge is 0.339 e. The molecule has 0 aliphatic rings. The lowest BCUT2D eigenvalue weighted by atomic mass is 10.4. The highest BCUT2D eigenvalue weighted by atomic mass is 33.1. The molecule has 0 aromatic rings. The van der Waals surface area contributed by atoms with Crippen molar-refractivity contribution < 1.29 is 9.59 Å². The second-order valence-electron chi connectivity index (χ2n) is 2.90. The number of carbonyl (C=O) groups excluding carboxylic acids is 2. The Hall–Kier alpha value is -0.360. The maximum absolute atomic E-state index is 10.6. The lowest BCUT2D eigenvalue weighted by Crippen LogP contribution is -2.36. The molecule has 6 heteroatoms. The number of hydrogen-bond donors (Lipinski definition) is 2. The molecular weight excluding hydrogens is 256 g/mol. The van der Waals surface area contributed by atoms with Crippen molar-refractivity contribution in [2.45, 2.75) is 40.5 Å². The van der Waals surface area contributed by atoms with Crippen LogP contribution in [0.15, 0.2) is 0 Å². The molecule has 0 rings (SSSR count). The van der Waals surface area contributed by atoms with Crippen molar-refractivity contribution in [2.75, 3.05) is 18.2 Å². The Labute approximate surface area is 112 Å². The predicted octanol–water partition coefficient (Wildman–Crippen LogP) is 2.40. The van der Waals surface area contributed by atoms with Crippen LogP contribution in [0.25, 0.3) is 0 Å². The first-order valence-corrected chi connectivity index (χ1v) is 8.38. The summed E-state index contributed by atoms with van der Waals surface area (Å²) >= 11 is 0. The number of rotatable bonds is 7. The third kappa shape index (κ3) is 18.2. The Kier molecular flexibility index (Phi) is 17.5. The maximum Gasteiger partial charge on any atom is 0.221 e. The van der Waals surface area contributed by atoms with Crippen molar-refractivity contribution in [1.82, 2.24) is 10.6 Å². The van der Waals surface area contributed by atoms with Crippen molar-refractivity contribution in [3.63, 3.8) is 0 Å². The van der Waals surface area contributed by atoms with Crippen LogP contribution in [0.1, 0.15) is 40.5 Å². The first kappa shape index (κ1) is 19.0. The minimum Gasteiger partial charge on any atom is -0.339 e. The van der Waals surface area contributed by atoms with Gasteiger partial charge in [0.05, 0.1) is 6.67 Å². The number of amides is 2. The van der Waals surface area contributed by atoms with E-state index >= 15 is 0 Å². The van der Waals surface area contributed by atoms with Gasteiger partial charge in [-0.15, -0.1) is 0 Å². The highest BCUT2D eigenvalue weighted by Gasteiger charge is 1.96. The van der Waals surface area contributed by atoms with E-state index in [1.807, 2.05) is 21.6 Å². The predicted molar refractivity (Wildman–Crippen MR) is 78.0 cm³/mol. The van der Waals surface area contributed by atoms with Crippen LogP contribution in [-0.2, 0) is 9.59 Å². The van der Waals surface area contributed by atoms with E-state index < -0.39 is 0 Å². The molecule has 4 nitrogen and oxygen atoms in total. The van der Waals surface area contributed by atoms with E-state index in [0.29, 0.717) is 12.8 Å². The summed E-state index contributed by atoms with van der Waals surface area (Å²) in [4.78, 5) is 21.2. The van der Waals surface area contributed by atoms with Crippen LogP contribution in [0.2, 0.25) is 0 Å². The average Bonchev–Trinajstić information content (AvgIpc) is 2.36. The molecule has 0 saturated carbocycles. The normalized spacial score (nSPS) is 8.94. The smallest absolute Gasteiger partial charge is 0.221 e. The molecule has 0 aliphatic carbocycles. The zero-order valence-electron chi connectivity index (χ0n) is 11.2. The summed E-state index contributed by atoms with van der Waals surface area (Å²) in [6.07, 6.45) is 0.893. The fourth-order valence-corrected chi connectivity index (χ4v) is 1.99. The van der Waals surface area contributed by atoms with Crippen LogP contribution in [-0.4, -0.2) is 30.0 Å². The Balaban J connectivity index is 0. The minimum atomic E-state index is -0.0543. The molecule has 0 unspecified atom stereocenters. The molecule has 0 spiro atoms. The summed E-state index contributed by atoms with van der Waals surface area (Å²) in [7, 11) is 3.85. The maximum atomic E-state index is 10.6. The minimum absolute atomic E-state index is 0.0543. The van der Waals surface area contributed by atoms with E-state index in [4.69, 9.17) is 0 Å². The van der Waals surface area contributed by atoms with Gasteiger partial charge in [-0.3, -0.25) is 9.59 Å². The molecule has 102 valence electrons. The van der Waals surface area contributed by atoms with Crippen LogP contribution >= 0.6 is 21.6 Å². The highest BCUT2D eigenvalue weighted by molar-refractivity contribution is 8.76. The molecular formula is C11H24N2O2S2. The standard InChI is InChI=1S/C7H14N2O2.C4H10S2/c1-3-6(10)8-5-9-7(11)4-2;1-3-5-6-4-2/h3-5H2,1-2H3,(H,8,10)(H,9,11);3-4H2,1-2H3. The lowest BCUT2D eigenvalue weighted by Gasteiger charge is -2.03. The molecule has 0 radical (unpaired) electrons. The van der Waals surface area contributed by atoms with E-state index in [-0.39, 0.29) is 18.5 Å². The summed E-state index contributed by atoms with van der Waals surface area (Å²) in [6, 6.07) is 0. The molecule has 0 aliphatic heterocycles. The van der Waals surface area contributed by atoms with Gasteiger partial charge in [0.1, 0.15) is 0 Å². The summed E-state index contributed by atoms with van der Waals surface area (Å²) in [5, 5.41) is 5.05. The zero-order chi connectivity index (χ0) is 13.5. The Morgan fingerprint density at radius 1 is 0.824 bits per heavy atom. The average molecular weight is 280 g/mol. The third-order valence-electron chi connectivity index (χ3n) is 1.53. The SMILES string of the molecule is CCC(=O)NCNC(=O)CC.CCSSCC. The molecule has 0 aromatic heterocycles. The monoisotopic (exact) mass is 280 g/mol. The van der Waals surface area contributed by atoms with Gasteiger partial charge in [0.25, 0.3) is 0 Å². The van der Waals surface area contributed by atoms with Gasteiger partial charge in [0, 0.05) is 24.3 Å². The van der Waals surface area contributed by atoms with Crippen molar-refractivity contribution >= 4 is 33.4 Å². The fraction of sp³-hybridized carbons (Fsp3) is 0.818. The molecule has 0 atom stereocenters. The van der Waals surface area contributed by atoms with Crippen LogP contribution in [0, 0.1) is 0 Å². The van der Waals surface area contributed by atoms with E-state index in [1.54, 1.807) is 13.8 Å². The topological polar surface area (TPSA) is 58.2 Å². The summed E-state index contributed by atoms with van der Waals surface area (Å²) in [6.45, 7) is 8.11. The third-order valence-corrected chi connectivity index (χ3v) is 4.08. The highest BCUT2D eigenvalue weighted by Crippen LogP contribution is 2.18. The van der Waals surface area contributed by atoms with Crippen molar-refractivity contribution in [3.8, 4) is 0 Å². The van der Waals surface area contributed by atoms with Crippen molar-refractivity contribution in [3.05, 3.63) is 0 Å². The molecule has 0 heterocycles. The van der Waals surface area contributed by atoms with Crippen LogP contribution in [0.4, 0.5) is 0 Å². The van der Waals surface area contributed by atoms with E-state index in [0.717, 1.165) is 0 Å². The first-order valence-electron chi connectivity index (χ1n) is 5.89. The van der Waals surface area contributed by atoms with Crippen LogP contribution in [0.3, 0.4) is 0 Å². The number of carbonyl (C=O) groups is 2. The fourth-order valence-electron chi connectivity index (χ4n) is 0.658. The molecule has 0 saturated heterocycles. The zero-order valence-corrected chi connectivity index (χ0v) is 12.8. The Bertz CT molecular complexity index is 182. The lowest BCUT2D eigenvalue weighted by molar-refractivity contribution is -0.122. The molecule has 0 aromatic carbocycles. The number of hydrogen-bond acceptors (Lipinski definition) is 4. The molecule has 2 amide bonds. The quantitative estimate of drug-likeness (QED) is 0.427. The summed E-state index contributed by atoms with van der Waals surface area (Å²) in [5.41, 5.74) is 0. The first-order chi connectivity index (χ1) is 8.12.